The minimum absolute atomic E-state index is 0.502. The van der Waals surface area contributed by atoms with E-state index in [2.05, 4.69) is 52.8 Å². The molecule has 0 saturated heterocycles. The van der Waals surface area contributed by atoms with Gasteiger partial charge >= 0.3 is 0 Å². The van der Waals surface area contributed by atoms with Crippen LogP contribution in [0.5, 0.6) is 0 Å². The molecule has 0 aliphatic heterocycles. The fraction of sp³-hybridized carbons (Fsp3) is 0.846. The molecule has 0 amide bonds. The molecule has 2 fully saturated rings. The fourth-order valence-corrected chi connectivity index (χ4v) is 7.98. The molecule has 0 heterocycles. The molecule has 0 N–H and O–H groups in total. The number of allylic oxidation sites excluding steroid dienone is 4. The molecule has 0 bridgehead atoms. The predicted molar refractivity (Wildman–Crippen MR) is 113 cm³/mol. The van der Waals surface area contributed by atoms with Gasteiger partial charge in [0.05, 0.1) is 0 Å². The van der Waals surface area contributed by atoms with Gasteiger partial charge in [-0.15, -0.1) is 0 Å². The molecule has 4 rings (SSSR count). The van der Waals surface area contributed by atoms with E-state index in [-0.39, 0.29) is 0 Å². The highest BCUT2D eigenvalue weighted by Gasteiger charge is 2.59. The van der Waals surface area contributed by atoms with Gasteiger partial charge in [-0.3, -0.25) is 0 Å². The predicted octanol–water partition coefficient (Wildman–Crippen LogP) is 7.80. The van der Waals surface area contributed by atoms with Crippen LogP contribution < -0.4 is 0 Å². The average Bonchev–Trinajstić information content (AvgIpc) is 3.08. The van der Waals surface area contributed by atoms with Gasteiger partial charge in [-0.2, -0.15) is 0 Å². The first-order chi connectivity index (χ1) is 12.4. The zero-order valence-electron chi connectivity index (χ0n) is 18.1. The molecule has 146 valence electrons. The van der Waals surface area contributed by atoms with Crippen LogP contribution in [0.2, 0.25) is 0 Å². The van der Waals surface area contributed by atoms with E-state index < -0.39 is 0 Å². The summed E-state index contributed by atoms with van der Waals surface area (Å²) in [5.74, 6) is 5.55. The Labute approximate surface area is 162 Å². The Morgan fingerprint density at radius 3 is 2.58 bits per heavy atom. The molecule has 0 aromatic carbocycles. The summed E-state index contributed by atoms with van der Waals surface area (Å²) in [6.45, 7) is 12.6. The molecule has 0 heteroatoms. The minimum atomic E-state index is 0.502. The molecule has 0 nitrogen and oxygen atoms in total. The van der Waals surface area contributed by atoms with Crippen LogP contribution in [0.15, 0.2) is 23.8 Å². The van der Waals surface area contributed by atoms with Crippen LogP contribution in [0.4, 0.5) is 0 Å². The molecule has 0 aromatic rings. The molecular weight excluding hydrogens is 312 g/mol. The largest absolute Gasteiger partial charge is 0.0842 e. The lowest BCUT2D eigenvalue weighted by atomic mass is 9.53. The molecule has 0 spiro atoms. The van der Waals surface area contributed by atoms with Gasteiger partial charge in [0.1, 0.15) is 0 Å². The van der Waals surface area contributed by atoms with Gasteiger partial charge in [-0.25, -0.2) is 0 Å². The number of hydrogen-bond donors (Lipinski definition) is 0. The molecular formula is C26H42. The van der Waals surface area contributed by atoms with Crippen molar-refractivity contribution in [1.29, 1.82) is 0 Å². The van der Waals surface area contributed by atoms with Crippen LogP contribution in [0, 0.1) is 46.3 Å². The summed E-state index contributed by atoms with van der Waals surface area (Å²) in [5, 5.41) is 0. The van der Waals surface area contributed by atoms with Crippen molar-refractivity contribution in [2.45, 2.75) is 92.4 Å². The van der Waals surface area contributed by atoms with E-state index in [9.17, 15) is 0 Å². The Kier molecular flexibility index (Phi) is 4.94. The van der Waals surface area contributed by atoms with Gasteiger partial charge in [-0.1, -0.05) is 72.1 Å². The van der Waals surface area contributed by atoms with Crippen molar-refractivity contribution >= 4 is 0 Å². The molecule has 7 unspecified atom stereocenters. The Hall–Kier alpha value is -0.520. The molecule has 0 radical (unpaired) electrons. The third-order valence-corrected chi connectivity index (χ3v) is 9.51. The quantitative estimate of drug-likeness (QED) is 0.472. The van der Waals surface area contributed by atoms with Crippen LogP contribution in [0.3, 0.4) is 0 Å². The number of rotatable bonds is 5. The van der Waals surface area contributed by atoms with Crippen molar-refractivity contribution < 1.29 is 0 Å². The molecule has 7 atom stereocenters. The molecule has 0 aromatic heterocycles. The maximum atomic E-state index is 2.76. The van der Waals surface area contributed by atoms with Gasteiger partial charge < -0.3 is 0 Å². The van der Waals surface area contributed by atoms with E-state index in [1.54, 1.807) is 5.57 Å². The van der Waals surface area contributed by atoms with E-state index in [1.165, 1.54) is 57.8 Å². The highest BCUT2D eigenvalue weighted by molar-refractivity contribution is 5.37. The number of fused-ring (bicyclic) bond motifs is 5. The summed E-state index contributed by atoms with van der Waals surface area (Å²) in [6, 6.07) is 0. The third-order valence-electron chi connectivity index (χ3n) is 9.51. The molecule has 2 saturated carbocycles. The van der Waals surface area contributed by atoms with Crippen molar-refractivity contribution in [3.05, 3.63) is 23.8 Å². The van der Waals surface area contributed by atoms with Gasteiger partial charge in [0, 0.05) is 0 Å². The summed E-state index contributed by atoms with van der Waals surface area (Å²) in [4.78, 5) is 0. The van der Waals surface area contributed by atoms with Crippen LogP contribution in [0.1, 0.15) is 92.4 Å². The van der Waals surface area contributed by atoms with E-state index in [0.29, 0.717) is 10.8 Å². The lowest BCUT2D eigenvalue weighted by Crippen LogP contribution is -2.44. The first-order valence-corrected chi connectivity index (χ1v) is 11.7. The first kappa shape index (κ1) is 18.8. The van der Waals surface area contributed by atoms with Gasteiger partial charge in [0.2, 0.25) is 0 Å². The van der Waals surface area contributed by atoms with Crippen LogP contribution in [-0.4, -0.2) is 0 Å². The Balaban J connectivity index is 1.50. The van der Waals surface area contributed by atoms with Gasteiger partial charge in [-0.05, 0) is 90.4 Å². The van der Waals surface area contributed by atoms with Crippen LogP contribution in [-0.2, 0) is 0 Å². The number of hydrogen-bond acceptors (Lipinski definition) is 0. The van der Waals surface area contributed by atoms with Crippen molar-refractivity contribution in [1.82, 2.24) is 0 Å². The second-order valence-electron chi connectivity index (χ2n) is 11.3. The van der Waals surface area contributed by atoms with E-state index in [1.807, 2.05) is 0 Å². The highest BCUT2D eigenvalue weighted by atomic mass is 14.6. The third kappa shape index (κ3) is 2.85. The molecule has 4 aliphatic carbocycles. The van der Waals surface area contributed by atoms with Crippen LogP contribution >= 0.6 is 0 Å². The average molecular weight is 355 g/mol. The topological polar surface area (TPSA) is 0 Å². The summed E-state index contributed by atoms with van der Waals surface area (Å²) in [7, 11) is 0. The van der Waals surface area contributed by atoms with Crippen molar-refractivity contribution in [3.63, 3.8) is 0 Å². The van der Waals surface area contributed by atoms with E-state index >= 15 is 0 Å². The van der Waals surface area contributed by atoms with Gasteiger partial charge in [0.15, 0.2) is 0 Å². The summed E-state index contributed by atoms with van der Waals surface area (Å²) in [5.41, 5.74) is 2.82. The van der Waals surface area contributed by atoms with Crippen LogP contribution in [0.25, 0.3) is 0 Å². The monoisotopic (exact) mass is 354 g/mol. The smallest absolute Gasteiger partial charge is 0.00415 e. The summed E-state index contributed by atoms with van der Waals surface area (Å²) in [6.07, 6.45) is 20.7. The Morgan fingerprint density at radius 2 is 1.81 bits per heavy atom. The first-order valence-electron chi connectivity index (χ1n) is 11.7. The fourth-order valence-electron chi connectivity index (χ4n) is 7.98. The minimum Gasteiger partial charge on any atom is -0.0842 e. The Morgan fingerprint density at radius 1 is 1.00 bits per heavy atom. The standard InChI is InChI=1S/C26H42/c1-18(2)9-8-10-19(3)22-12-13-23-21-17-20-11-6-7-15-25(20,4)24(21)14-16-26(22,23)5/h6,11,17-19,21-24H,7-10,12-16H2,1-5H3. The second kappa shape index (κ2) is 6.82. The maximum Gasteiger partial charge on any atom is -0.00415 e. The van der Waals surface area contributed by atoms with E-state index in [4.69, 9.17) is 0 Å². The Bertz CT molecular complexity index is 581. The normalized spacial score (nSPS) is 45.2. The van der Waals surface area contributed by atoms with Crippen molar-refractivity contribution in [2.75, 3.05) is 0 Å². The summed E-state index contributed by atoms with van der Waals surface area (Å²) < 4.78 is 0. The van der Waals surface area contributed by atoms with E-state index in [0.717, 1.165) is 35.5 Å². The lowest BCUT2D eigenvalue weighted by Gasteiger charge is -2.51. The molecule has 26 heavy (non-hydrogen) atoms. The van der Waals surface area contributed by atoms with Crippen molar-refractivity contribution in [2.24, 2.45) is 46.3 Å². The van der Waals surface area contributed by atoms with Gasteiger partial charge in [0.25, 0.3) is 0 Å². The summed E-state index contributed by atoms with van der Waals surface area (Å²) >= 11 is 0. The SMILES string of the molecule is CC(C)CCCC(C)C1CCC2C3C=C4C=CCCC4(C)C3CCC12C. The lowest BCUT2D eigenvalue weighted by molar-refractivity contribution is -0.0102. The zero-order valence-corrected chi connectivity index (χ0v) is 18.1. The second-order valence-corrected chi connectivity index (χ2v) is 11.3. The maximum absolute atomic E-state index is 2.76. The highest BCUT2D eigenvalue weighted by Crippen LogP contribution is 2.67. The molecule has 4 aliphatic rings. The van der Waals surface area contributed by atoms with Crippen molar-refractivity contribution in [3.8, 4) is 0 Å². The zero-order chi connectivity index (χ0) is 18.5.